The Balaban J connectivity index is 1.97. The highest BCUT2D eigenvalue weighted by atomic mass is 15.0. The molecular formula is C7H13N. The first kappa shape index (κ1) is 4.80. The molecule has 0 amide bonds. The van der Waals surface area contributed by atoms with Gasteiger partial charge in [0.25, 0.3) is 0 Å². The fourth-order valence-corrected chi connectivity index (χ4v) is 2.03. The van der Waals surface area contributed by atoms with Crippen molar-refractivity contribution < 1.29 is 0 Å². The Morgan fingerprint density at radius 1 is 1.25 bits per heavy atom. The fourth-order valence-electron chi connectivity index (χ4n) is 2.03. The Morgan fingerprint density at radius 2 is 2.00 bits per heavy atom. The zero-order valence-corrected chi connectivity index (χ0v) is 5.35. The lowest BCUT2D eigenvalue weighted by Gasteiger charge is -2.45. The van der Waals surface area contributed by atoms with Crippen molar-refractivity contribution in [2.75, 3.05) is 0 Å². The van der Waals surface area contributed by atoms with Gasteiger partial charge in [0.15, 0.2) is 0 Å². The highest BCUT2D eigenvalue weighted by Gasteiger charge is 2.35. The van der Waals surface area contributed by atoms with Gasteiger partial charge in [-0.3, -0.25) is 0 Å². The van der Waals surface area contributed by atoms with E-state index in [1.54, 1.807) is 0 Å². The van der Waals surface area contributed by atoms with Crippen LogP contribution in [0.25, 0.3) is 0 Å². The molecule has 0 aromatic heterocycles. The first-order valence-corrected chi connectivity index (χ1v) is 3.60. The molecule has 3 rings (SSSR count). The monoisotopic (exact) mass is 111 g/mol. The van der Waals surface area contributed by atoms with Gasteiger partial charge in [0, 0.05) is 12.1 Å². The maximum absolute atomic E-state index is 3.55. The molecule has 46 valence electrons. The summed E-state index contributed by atoms with van der Waals surface area (Å²) in [6.07, 6.45) is 4.35. The van der Waals surface area contributed by atoms with Gasteiger partial charge in [-0.25, -0.2) is 0 Å². The van der Waals surface area contributed by atoms with Crippen LogP contribution >= 0.6 is 0 Å². The Labute approximate surface area is 50.5 Å². The number of hydrogen-bond donors (Lipinski definition) is 1. The molecule has 2 heterocycles. The number of hydrogen-bond acceptors (Lipinski definition) is 1. The second kappa shape index (κ2) is 1.47. The summed E-state index contributed by atoms with van der Waals surface area (Å²) >= 11 is 0. The quantitative estimate of drug-likeness (QED) is 0.494. The van der Waals surface area contributed by atoms with Gasteiger partial charge in [0.1, 0.15) is 0 Å². The number of nitrogens with one attached hydrogen (secondary N) is 1. The third kappa shape index (κ3) is 0.576. The van der Waals surface area contributed by atoms with E-state index in [2.05, 4.69) is 12.2 Å². The van der Waals surface area contributed by atoms with Crippen LogP contribution in [0.5, 0.6) is 0 Å². The molecule has 2 bridgehead atoms. The molecule has 8 heavy (non-hydrogen) atoms. The van der Waals surface area contributed by atoms with Gasteiger partial charge < -0.3 is 5.32 Å². The summed E-state index contributed by atoms with van der Waals surface area (Å²) in [6, 6.07) is 1.72. The number of fused-ring (bicyclic) bond motifs is 2. The van der Waals surface area contributed by atoms with Crippen LogP contribution in [0.3, 0.4) is 0 Å². The van der Waals surface area contributed by atoms with E-state index >= 15 is 0 Å². The number of rotatable bonds is 0. The van der Waals surface area contributed by atoms with Gasteiger partial charge in [-0.15, -0.1) is 0 Å². The van der Waals surface area contributed by atoms with E-state index in [4.69, 9.17) is 0 Å². The zero-order chi connectivity index (χ0) is 5.56. The first-order valence-electron chi connectivity index (χ1n) is 3.60. The van der Waals surface area contributed by atoms with Crippen LogP contribution in [0, 0.1) is 5.92 Å². The molecule has 1 atom stereocenters. The van der Waals surface area contributed by atoms with E-state index in [0.717, 1.165) is 18.0 Å². The maximum atomic E-state index is 3.55. The van der Waals surface area contributed by atoms with Crippen molar-refractivity contribution in [1.29, 1.82) is 0 Å². The van der Waals surface area contributed by atoms with Crippen LogP contribution in [0.2, 0.25) is 0 Å². The van der Waals surface area contributed by atoms with Crippen molar-refractivity contribution in [3.05, 3.63) is 0 Å². The molecule has 0 aromatic rings. The third-order valence-corrected chi connectivity index (χ3v) is 2.44. The summed E-state index contributed by atoms with van der Waals surface area (Å²) in [6.45, 7) is 2.29. The van der Waals surface area contributed by atoms with Gasteiger partial charge in [0.2, 0.25) is 0 Å². The standard InChI is InChI=1S/C7H13N/c1-5-2-6-3-7(4-6)8-5/h5-8H,2-4H2,1H3. The Bertz CT molecular complexity index is 84.6. The Hall–Kier alpha value is -0.0400. The van der Waals surface area contributed by atoms with Gasteiger partial charge in [-0.2, -0.15) is 0 Å². The van der Waals surface area contributed by atoms with E-state index < -0.39 is 0 Å². The molecule has 0 aromatic carbocycles. The summed E-state index contributed by atoms with van der Waals surface area (Å²) in [5, 5.41) is 3.55. The summed E-state index contributed by atoms with van der Waals surface area (Å²) in [4.78, 5) is 0. The van der Waals surface area contributed by atoms with Crippen LogP contribution in [-0.4, -0.2) is 12.1 Å². The molecule has 1 nitrogen and oxygen atoms in total. The molecule has 1 N–H and O–H groups in total. The van der Waals surface area contributed by atoms with E-state index in [0.29, 0.717) is 0 Å². The molecule has 1 heteroatoms. The molecule has 0 spiro atoms. The molecule has 3 fully saturated rings. The van der Waals surface area contributed by atoms with Gasteiger partial charge >= 0.3 is 0 Å². The average molecular weight is 111 g/mol. The minimum Gasteiger partial charge on any atom is -0.311 e. The van der Waals surface area contributed by atoms with E-state index in [9.17, 15) is 0 Å². The van der Waals surface area contributed by atoms with Crippen LogP contribution in [0.15, 0.2) is 0 Å². The summed E-state index contributed by atoms with van der Waals surface area (Å²) in [5.41, 5.74) is 0. The molecule has 1 saturated carbocycles. The van der Waals surface area contributed by atoms with Gasteiger partial charge in [-0.05, 0) is 32.1 Å². The van der Waals surface area contributed by atoms with Crippen molar-refractivity contribution in [3.63, 3.8) is 0 Å². The van der Waals surface area contributed by atoms with E-state index in [-0.39, 0.29) is 0 Å². The van der Waals surface area contributed by atoms with E-state index in [1.807, 2.05) is 0 Å². The minimum atomic E-state index is 0.812. The van der Waals surface area contributed by atoms with Crippen LogP contribution in [0.4, 0.5) is 0 Å². The van der Waals surface area contributed by atoms with Crippen molar-refractivity contribution >= 4 is 0 Å². The largest absolute Gasteiger partial charge is 0.311 e. The van der Waals surface area contributed by atoms with Gasteiger partial charge in [0.05, 0.1) is 0 Å². The van der Waals surface area contributed by atoms with Crippen LogP contribution in [0.1, 0.15) is 26.2 Å². The highest BCUT2D eigenvalue weighted by molar-refractivity contribution is 4.93. The maximum Gasteiger partial charge on any atom is 0.00748 e. The molecule has 1 unspecified atom stereocenters. The summed E-state index contributed by atoms with van der Waals surface area (Å²) in [5.74, 6) is 1.09. The smallest absolute Gasteiger partial charge is 0.00748 e. The first-order chi connectivity index (χ1) is 3.84. The Kier molecular flexibility index (Phi) is 0.884. The zero-order valence-electron chi connectivity index (χ0n) is 5.35. The second-order valence-electron chi connectivity index (χ2n) is 3.34. The number of piperidine rings is 2. The Morgan fingerprint density at radius 3 is 2.25 bits per heavy atom. The van der Waals surface area contributed by atoms with Crippen molar-refractivity contribution in [3.8, 4) is 0 Å². The predicted molar refractivity (Wildman–Crippen MR) is 33.7 cm³/mol. The summed E-state index contributed by atoms with van der Waals surface area (Å²) in [7, 11) is 0. The lowest BCUT2D eigenvalue weighted by atomic mass is 9.72. The molecule has 0 radical (unpaired) electrons. The molecule has 2 saturated heterocycles. The predicted octanol–water partition coefficient (Wildman–Crippen LogP) is 1.15. The van der Waals surface area contributed by atoms with Crippen molar-refractivity contribution in [2.45, 2.75) is 38.3 Å². The molecule has 3 aliphatic rings. The highest BCUT2D eigenvalue weighted by Crippen LogP contribution is 2.35. The van der Waals surface area contributed by atoms with E-state index in [1.165, 1.54) is 19.3 Å². The second-order valence-corrected chi connectivity index (χ2v) is 3.34. The van der Waals surface area contributed by atoms with Crippen molar-refractivity contribution in [2.24, 2.45) is 5.92 Å². The normalized spacial score (nSPS) is 52.9. The minimum absolute atomic E-state index is 0.812. The van der Waals surface area contributed by atoms with Crippen LogP contribution < -0.4 is 5.32 Å². The fraction of sp³-hybridized carbons (Fsp3) is 1.00. The molecular weight excluding hydrogens is 98.1 g/mol. The lowest BCUT2D eigenvalue weighted by Crippen LogP contribution is -2.52. The third-order valence-electron chi connectivity index (χ3n) is 2.44. The average Bonchev–Trinajstić information content (AvgIpc) is 1.62. The SMILES string of the molecule is CC1CC2CC(C2)N1. The molecule has 2 aliphatic heterocycles. The van der Waals surface area contributed by atoms with Crippen molar-refractivity contribution in [1.82, 2.24) is 5.32 Å². The lowest BCUT2D eigenvalue weighted by molar-refractivity contribution is 0.124. The molecule has 1 aliphatic carbocycles. The summed E-state index contributed by atoms with van der Waals surface area (Å²) < 4.78 is 0. The van der Waals surface area contributed by atoms with Gasteiger partial charge in [-0.1, -0.05) is 0 Å². The van der Waals surface area contributed by atoms with Crippen LogP contribution in [-0.2, 0) is 0 Å². The topological polar surface area (TPSA) is 12.0 Å².